The quantitative estimate of drug-likeness (QED) is 0.682. The number of benzene rings is 1. The average Bonchev–Trinajstić information content (AvgIpc) is 2.44. The second kappa shape index (κ2) is 8.65. The summed E-state index contributed by atoms with van der Waals surface area (Å²) in [7, 11) is 1.46. The molecule has 0 aliphatic heterocycles. The van der Waals surface area contributed by atoms with Crippen LogP contribution in [0.2, 0.25) is 0 Å². The molecule has 0 fully saturated rings. The highest BCUT2D eigenvalue weighted by molar-refractivity contribution is 5.69. The van der Waals surface area contributed by atoms with E-state index in [-0.39, 0.29) is 24.0 Å². The maximum atomic E-state index is 13.9. The Balaban J connectivity index is 2.87. The van der Waals surface area contributed by atoms with Gasteiger partial charge < -0.3 is 9.47 Å². The minimum Gasteiger partial charge on any atom is -0.494 e. The van der Waals surface area contributed by atoms with E-state index in [0.29, 0.717) is 18.9 Å². The van der Waals surface area contributed by atoms with Crippen molar-refractivity contribution in [2.24, 2.45) is 5.92 Å². The normalized spacial score (nSPS) is 10.8. The van der Waals surface area contributed by atoms with Crippen molar-refractivity contribution in [1.29, 1.82) is 0 Å². The van der Waals surface area contributed by atoms with Crippen molar-refractivity contribution in [3.8, 4) is 5.75 Å². The van der Waals surface area contributed by atoms with Crippen molar-refractivity contribution in [2.45, 2.75) is 46.5 Å². The molecular formula is C17H25FO3. The van der Waals surface area contributed by atoms with Crippen LogP contribution in [0.5, 0.6) is 5.75 Å². The highest BCUT2D eigenvalue weighted by Crippen LogP contribution is 2.25. The van der Waals surface area contributed by atoms with Gasteiger partial charge in [-0.2, -0.15) is 0 Å². The summed E-state index contributed by atoms with van der Waals surface area (Å²) in [5.74, 6) is 0.195. The lowest BCUT2D eigenvalue weighted by Crippen LogP contribution is -2.07. The molecule has 0 saturated carbocycles. The van der Waals surface area contributed by atoms with E-state index in [1.807, 2.05) is 0 Å². The van der Waals surface area contributed by atoms with Crippen molar-refractivity contribution in [3.63, 3.8) is 0 Å². The van der Waals surface area contributed by atoms with E-state index in [4.69, 9.17) is 9.47 Å². The van der Waals surface area contributed by atoms with Gasteiger partial charge in [0.2, 0.25) is 0 Å². The third kappa shape index (κ3) is 5.74. The molecule has 0 atom stereocenters. The predicted octanol–water partition coefficient (Wildman–Crippen LogP) is 3.92. The molecule has 0 spiro atoms. The Hall–Kier alpha value is -1.58. The van der Waals surface area contributed by atoms with Gasteiger partial charge in [0.25, 0.3) is 0 Å². The van der Waals surface area contributed by atoms with Gasteiger partial charge in [-0.05, 0) is 55.4 Å². The molecule has 0 aliphatic carbocycles. The van der Waals surface area contributed by atoms with E-state index in [1.54, 1.807) is 13.0 Å². The molecule has 0 bridgehead atoms. The molecule has 1 aromatic rings. The third-order valence-electron chi connectivity index (χ3n) is 3.37. The van der Waals surface area contributed by atoms with E-state index in [9.17, 15) is 9.18 Å². The van der Waals surface area contributed by atoms with Gasteiger partial charge in [0.05, 0.1) is 13.7 Å². The van der Waals surface area contributed by atoms with E-state index < -0.39 is 0 Å². The summed E-state index contributed by atoms with van der Waals surface area (Å²) in [6.07, 6.45) is 2.63. The lowest BCUT2D eigenvalue weighted by atomic mass is 9.95. The number of carbonyl (C=O) groups excluding carboxylic acids is 1. The predicted molar refractivity (Wildman–Crippen MR) is 81.1 cm³/mol. The number of ether oxygens (including phenoxy) is 2. The Kier molecular flexibility index (Phi) is 7.20. The van der Waals surface area contributed by atoms with Gasteiger partial charge in [0.1, 0.15) is 0 Å². The Morgan fingerprint density at radius 3 is 2.48 bits per heavy atom. The number of hydrogen-bond acceptors (Lipinski definition) is 3. The molecule has 3 nitrogen and oxygen atoms in total. The number of methoxy groups -OCH3 is 1. The van der Waals surface area contributed by atoms with Crippen LogP contribution in [0, 0.1) is 11.7 Å². The van der Waals surface area contributed by atoms with E-state index in [1.165, 1.54) is 13.2 Å². The molecule has 4 heteroatoms. The Labute approximate surface area is 126 Å². The maximum Gasteiger partial charge on any atom is 0.306 e. The van der Waals surface area contributed by atoms with E-state index >= 15 is 0 Å². The van der Waals surface area contributed by atoms with Crippen LogP contribution in [-0.4, -0.2) is 19.7 Å². The number of halogens is 1. The zero-order chi connectivity index (χ0) is 15.8. The minimum absolute atomic E-state index is 0.247. The molecule has 0 radical (unpaired) electrons. The van der Waals surface area contributed by atoms with Crippen LogP contribution in [0.15, 0.2) is 12.1 Å². The van der Waals surface area contributed by atoms with Crippen LogP contribution in [0.4, 0.5) is 4.39 Å². The molecule has 0 N–H and O–H groups in total. The average molecular weight is 296 g/mol. The standard InChI is InChI=1S/C17H25FO3/c1-5-21-17(19)9-8-13-10-15(18)16(20-4)11-14(13)7-6-12(2)3/h10-12H,5-9H2,1-4H3. The molecule has 0 unspecified atom stereocenters. The summed E-state index contributed by atoms with van der Waals surface area (Å²) in [4.78, 5) is 11.5. The first-order valence-corrected chi connectivity index (χ1v) is 7.48. The van der Waals surface area contributed by atoms with E-state index in [2.05, 4.69) is 13.8 Å². The summed E-state index contributed by atoms with van der Waals surface area (Å²) >= 11 is 0. The minimum atomic E-state index is -0.385. The molecule has 0 amide bonds. The molecule has 118 valence electrons. The number of carbonyl (C=O) groups is 1. The highest BCUT2D eigenvalue weighted by Gasteiger charge is 2.13. The van der Waals surface area contributed by atoms with Gasteiger partial charge >= 0.3 is 5.97 Å². The van der Waals surface area contributed by atoms with Crippen molar-refractivity contribution in [2.75, 3.05) is 13.7 Å². The summed E-state index contributed by atoms with van der Waals surface area (Å²) in [5.41, 5.74) is 1.91. The van der Waals surface area contributed by atoms with Crippen LogP contribution >= 0.6 is 0 Å². The summed E-state index contributed by atoms with van der Waals surface area (Å²) in [6, 6.07) is 3.23. The van der Waals surface area contributed by atoms with Crippen LogP contribution < -0.4 is 4.74 Å². The van der Waals surface area contributed by atoms with Crippen molar-refractivity contribution >= 4 is 5.97 Å². The van der Waals surface area contributed by atoms with Crippen molar-refractivity contribution in [3.05, 3.63) is 29.1 Å². The molecule has 0 aliphatic rings. The third-order valence-corrected chi connectivity index (χ3v) is 3.37. The lowest BCUT2D eigenvalue weighted by molar-refractivity contribution is -0.143. The summed E-state index contributed by atoms with van der Waals surface area (Å²) in [6.45, 7) is 6.45. The fourth-order valence-corrected chi connectivity index (χ4v) is 2.17. The van der Waals surface area contributed by atoms with Crippen LogP contribution in [0.1, 0.15) is 44.7 Å². The number of aryl methyl sites for hydroxylation is 2. The Bertz CT molecular complexity index is 469. The summed E-state index contributed by atoms with van der Waals surface area (Å²) < 4.78 is 23.8. The molecule has 0 aromatic heterocycles. The maximum absolute atomic E-state index is 13.9. The second-order valence-corrected chi connectivity index (χ2v) is 5.49. The molecular weight excluding hydrogens is 271 g/mol. The topological polar surface area (TPSA) is 35.5 Å². The molecule has 21 heavy (non-hydrogen) atoms. The first kappa shape index (κ1) is 17.5. The van der Waals surface area contributed by atoms with Crippen LogP contribution in [0.25, 0.3) is 0 Å². The van der Waals surface area contributed by atoms with E-state index in [0.717, 1.165) is 24.0 Å². The number of esters is 1. The largest absolute Gasteiger partial charge is 0.494 e. The van der Waals surface area contributed by atoms with Gasteiger partial charge in [-0.15, -0.1) is 0 Å². The smallest absolute Gasteiger partial charge is 0.306 e. The zero-order valence-electron chi connectivity index (χ0n) is 13.4. The molecule has 0 saturated heterocycles. The Morgan fingerprint density at radius 1 is 1.24 bits per heavy atom. The highest BCUT2D eigenvalue weighted by atomic mass is 19.1. The first-order chi connectivity index (χ1) is 9.97. The number of hydrogen-bond donors (Lipinski definition) is 0. The fraction of sp³-hybridized carbons (Fsp3) is 0.588. The molecule has 1 rings (SSSR count). The van der Waals surface area contributed by atoms with Crippen LogP contribution in [-0.2, 0) is 22.4 Å². The SMILES string of the molecule is CCOC(=O)CCc1cc(F)c(OC)cc1CCC(C)C. The molecule has 1 aromatic carbocycles. The summed E-state index contributed by atoms with van der Waals surface area (Å²) in [5, 5.41) is 0. The van der Waals surface area contributed by atoms with Gasteiger partial charge in [-0.25, -0.2) is 4.39 Å². The lowest BCUT2D eigenvalue weighted by Gasteiger charge is -2.13. The zero-order valence-corrected chi connectivity index (χ0v) is 13.4. The van der Waals surface area contributed by atoms with Gasteiger partial charge in [-0.1, -0.05) is 13.8 Å². The fourth-order valence-electron chi connectivity index (χ4n) is 2.17. The Morgan fingerprint density at radius 2 is 1.90 bits per heavy atom. The van der Waals surface area contributed by atoms with Gasteiger partial charge in [0, 0.05) is 6.42 Å². The van der Waals surface area contributed by atoms with Gasteiger partial charge in [-0.3, -0.25) is 4.79 Å². The first-order valence-electron chi connectivity index (χ1n) is 7.48. The van der Waals surface area contributed by atoms with Crippen molar-refractivity contribution in [1.82, 2.24) is 0 Å². The van der Waals surface area contributed by atoms with Gasteiger partial charge in [0.15, 0.2) is 11.6 Å². The monoisotopic (exact) mass is 296 g/mol. The number of rotatable bonds is 8. The van der Waals surface area contributed by atoms with Crippen LogP contribution in [0.3, 0.4) is 0 Å². The molecule has 0 heterocycles. The second-order valence-electron chi connectivity index (χ2n) is 5.49. The van der Waals surface area contributed by atoms with Crippen molar-refractivity contribution < 1.29 is 18.7 Å².